The number of hydrogen-bond donors (Lipinski definition) is 0. The third-order valence-corrected chi connectivity index (χ3v) is 5.34. The number of rotatable bonds is 4. The largest absolute Gasteiger partial charge is 0.348 e. The van der Waals surface area contributed by atoms with Crippen molar-refractivity contribution >= 4 is 15.9 Å². The van der Waals surface area contributed by atoms with Crippen molar-refractivity contribution < 1.29 is 13.2 Å². The Hall–Kier alpha value is -1.51. The van der Waals surface area contributed by atoms with E-state index in [1.54, 1.807) is 37.3 Å². The molecule has 0 N–H and O–H groups in total. The highest BCUT2D eigenvalue weighted by atomic mass is 32.2. The number of likely N-dealkylation sites (N-methyl/N-ethyl adjacent to an activating group) is 1. The third kappa shape index (κ3) is 3.78. The molecule has 1 aromatic heterocycles. The van der Waals surface area contributed by atoms with Gasteiger partial charge in [-0.1, -0.05) is 0 Å². The zero-order valence-electron chi connectivity index (χ0n) is 12.3. The van der Waals surface area contributed by atoms with Crippen molar-refractivity contribution in [1.29, 1.82) is 0 Å². The fourth-order valence-corrected chi connectivity index (χ4v) is 3.50. The van der Waals surface area contributed by atoms with Gasteiger partial charge in [-0.25, -0.2) is 8.42 Å². The minimum atomic E-state index is -3.48. The van der Waals surface area contributed by atoms with Crippen molar-refractivity contribution in [1.82, 2.24) is 19.1 Å². The van der Waals surface area contributed by atoms with Gasteiger partial charge in [0.05, 0.1) is 6.54 Å². The Labute approximate surface area is 125 Å². The van der Waals surface area contributed by atoms with E-state index >= 15 is 0 Å². The summed E-state index contributed by atoms with van der Waals surface area (Å²) in [7, 11) is -0.0540. The van der Waals surface area contributed by atoms with E-state index < -0.39 is 10.0 Å². The monoisotopic (exact) mass is 312 g/mol. The first-order valence-corrected chi connectivity index (χ1v) is 8.18. The molecule has 1 aliphatic rings. The van der Waals surface area contributed by atoms with Crippen LogP contribution in [0.4, 0.5) is 0 Å². The van der Waals surface area contributed by atoms with E-state index in [0.29, 0.717) is 32.7 Å². The first kappa shape index (κ1) is 15.9. The Balaban J connectivity index is 1.97. The summed E-state index contributed by atoms with van der Waals surface area (Å²) in [5.74, 6) is 0.0265. The third-order valence-electron chi connectivity index (χ3n) is 3.46. The molecule has 1 fully saturated rings. The van der Waals surface area contributed by atoms with Gasteiger partial charge in [0.2, 0.25) is 15.9 Å². The fraction of sp³-hybridized carbons (Fsp3) is 0.538. The molecule has 0 aliphatic carbocycles. The summed E-state index contributed by atoms with van der Waals surface area (Å²) in [5, 5.41) is 0. The lowest BCUT2D eigenvalue weighted by Gasteiger charge is -2.33. The maximum atomic E-state index is 12.4. The zero-order valence-corrected chi connectivity index (χ0v) is 13.1. The lowest BCUT2D eigenvalue weighted by molar-refractivity contribution is -0.130. The average Bonchev–Trinajstić information content (AvgIpc) is 2.48. The van der Waals surface area contributed by atoms with Gasteiger partial charge in [-0.3, -0.25) is 14.7 Å². The maximum absolute atomic E-state index is 12.4. The fourth-order valence-electron chi connectivity index (χ4n) is 2.11. The van der Waals surface area contributed by atoms with Crippen LogP contribution in [0.2, 0.25) is 0 Å². The molecule has 1 aromatic rings. The van der Waals surface area contributed by atoms with Crippen LogP contribution in [0, 0.1) is 0 Å². The maximum Gasteiger partial charge on any atom is 0.244 e. The molecule has 1 saturated heterocycles. The number of carbonyl (C=O) groups is 1. The number of aromatic nitrogens is 1. The molecule has 0 atom stereocenters. The number of hydrogen-bond acceptors (Lipinski definition) is 5. The van der Waals surface area contributed by atoms with Gasteiger partial charge in [-0.2, -0.15) is 4.31 Å². The Morgan fingerprint density at radius 3 is 2.48 bits per heavy atom. The second-order valence-electron chi connectivity index (χ2n) is 5.16. The molecule has 0 unspecified atom stereocenters. The number of amides is 1. The van der Waals surface area contributed by atoms with Crippen molar-refractivity contribution in [2.75, 3.05) is 46.8 Å². The SMILES string of the molecule is CN(C)C(=O)CN1CCN(S(=O)(=O)c2cccnc2)CC1. The summed E-state index contributed by atoms with van der Waals surface area (Å²) < 4.78 is 26.3. The van der Waals surface area contributed by atoms with Crippen LogP contribution in [-0.2, 0) is 14.8 Å². The predicted octanol–water partition coefficient (Wildman–Crippen LogP) is -0.524. The summed E-state index contributed by atoms with van der Waals surface area (Å²) in [6, 6.07) is 3.16. The van der Waals surface area contributed by atoms with Gasteiger partial charge in [-0.05, 0) is 12.1 Å². The van der Waals surface area contributed by atoms with Crippen LogP contribution < -0.4 is 0 Å². The highest BCUT2D eigenvalue weighted by Crippen LogP contribution is 2.16. The molecule has 116 valence electrons. The van der Waals surface area contributed by atoms with Gasteiger partial charge in [0.15, 0.2) is 0 Å². The van der Waals surface area contributed by atoms with E-state index in [0.717, 1.165) is 0 Å². The zero-order chi connectivity index (χ0) is 15.5. The van der Waals surface area contributed by atoms with E-state index in [2.05, 4.69) is 4.98 Å². The van der Waals surface area contributed by atoms with Gasteiger partial charge < -0.3 is 4.90 Å². The molecule has 0 radical (unpaired) electrons. The van der Waals surface area contributed by atoms with Gasteiger partial charge in [0, 0.05) is 52.7 Å². The van der Waals surface area contributed by atoms with E-state index in [-0.39, 0.29) is 10.8 Å². The number of nitrogens with zero attached hydrogens (tertiary/aromatic N) is 4. The number of carbonyl (C=O) groups excluding carboxylic acids is 1. The molecular formula is C13H20N4O3S. The predicted molar refractivity (Wildman–Crippen MR) is 78.1 cm³/mol. The topological polar surface area (TPSA) is 73.8 Å². The molecule has 7 nitrogen and oxygen atoms in total. The van der Waals surface area contributed by atoms with E-state index in [1.807, 2.05) is 4.90 Å². The van der Waals surface area contributed by atoms with Gasteiger partial charge in [0.25, 0.3) is 0 Å². The van der Waals surface area contributed by atoms with Gasteiger partial charge >= 0.3 is 0 Å². The number of pyridine rings is 1. The van der Waals surface area contributed by atoms with Crippen molar-refractivity contribution in [3.05, 3.63) is 24.5 Å². The molecule has 8 heteroatoms. The van der Waals surface area contributed by atoms with Gasteiger partial charge in [0.1, 0.15) is 4.90 Å². The molecule has 0 saturated carbocycles. The summed E-state index contributed by atoms with van der Waals surface area (Å²) in [5.41, 5.74) is 0. The lowest BCUT2D eigenvalue weighted by atomic mass is 10.3. The molecule has 2 rings (SSSR count). The van der Waals surface area contributed by atoms with Crippen molar-refractivity contribution in [3.8, 4) is 0 Å². The molecule has 2 heterocycles. The standard InChI is InChI=1S/C13H20N4O3S/c1-15(2)13(18)11-16-6-8-17(9-7-16)21(19,20)12-4-3-5-14-10-12/h3-5,10H,6-9,11H2,1-2H3. The molecule has 0 spiro atoms. The minimum absolute atomic E-state index is 0.0265. The van der Waals surface area contributed by atoms with Crippen LogP contribution in [0.1, 0.15) is 0 Å². The molecule has 0 aromatic carbocycles. The van der Waals surface area contributed by atoms with Crippen LogP contribution in [0.3, 0.4) is 0 Å². The van der Waals surface area contributed by atoms with Crippen LogP contribution in [0.15, 0.2) is 29.4 Å². The number of sulfonamides is 1. The van der Waals surface area contributed by atoms with Crippen molar-refractivity contribution in [3.63, 3.8) is 0 Å². The first-order chi connectivity index (χ1) is 9.91. The van der Waals surface area contributed by atoms with Crippen LogP contribution >= 0.6 is 0 Å². The second kappa shape index (κ2) is 6.50. The minimum Gasteiger partial charge on any atom is -0.348 e. The summed E-state index contributed by atoms with van der Waals surface area (Å²) in [4.78, 5) is 19.2. The summed E-state index contributed by atoms with van der Waals surface area (Å²) in [6.07, 6.45) is 2.90. The summed E-state index contributed by atoms with van der Waals surface area (Å²) in [6.45, 7) is 2.21. The van der Waals surface area contributed by atoms with Crippen LogP contribution in [0.5, 0.6) is 0 Å². The first-order valence-electron chi connectivity index (χ1n) is 6.74. The Bertz CT molecular complexity index is 581. The van der Waals surface area contributed by atoms with E-state index in [4.69, 9.17) is 0 Å². The normalized spacial score (nSPS) is 17.6. The molecule has 0 bridgehead atoms. The lowest BCUT2D eigenvalue weighted by Crippen LogP contribution is -2.50. The van der Waals surface area contributed by atoms with E-state index in [9.17, 15) is 13.2 Å². The Kier molecular flexibility index (Phi) is 4.92. The van der Waals surface area contributed by atoms with Crippen LogP contribution in [-0.4, -0.2) is 80.2 Å². The highest BCUT2D eigenvalue weighted by Gasteiger charge is 2.29. The molecular weight excluding hydrogens is 292 g/mol. The smallest absolute Gasteiger partial charge is 0.244 e. The van der Waals surface area contributed by atoms with Crippen molar-refractivity contribution in [2.45, 2.75) is 4.90 Å². The number of piperazine rings is 1. The quantitative estimate of drug-likeness (QED) is 0.748. The van der Waals surface area contributed by atoms with Crippen molar-refractivity contribution in [2.24, 2.45) is 0 Å². The van der Waals surface area contributed by atoms with E-state index in [1.165, 1.54) is 10.5 Å². The summed E-state index contributed by atoms with van der Waals surface area (Å²) >= 11 is 0. The second-order valence-corrected chi connectivity index (χ2v) is 7.10. The molecule has 1 amide bonds. The average molecular weight is 312 g/mol. The molecule has 21 heavy (non-hydrogen) atoms. The van der Waals surface area contributed by atoms with Gasteiger partial charge in [-0.15, -0.1) is 0 Å². The Morgan fingerprint density at radius 1 is 1.29 bits per heavy atom. The Morgan fingerprint density at radius 2 is 1.95 bits per heavy atom. The highest BCUT2D eigenvalue weighted by molar-refractivity contribution is 7.89. The molecule has 1 aliphatic heterocycles. The van der Waals surface area contributed by atoms with Crippen LogP contribution in [0.25, 0.3) is 0 Å².